The SMILES string of the molecule is COc1cccc(/C=C/C(=O)Nc2cccc(CN(C)C(C)=O)c2)c1. The molecule has 5 heteroatoms. The van der Waals surface area contributed by atoms with Crippen molar-refractivity contribution in [2.24, 2.45) is 0 Å². The van der Waals surface area contributed by atoms with E-state index < -0.39 is 0 Å². The topological polar surface area (TPSA) is 58.6 Å². The van der Waals surface area contributed by atoms with E-state index in [0.29, 0.717) is 12.2 Å². The molecule has 0 aliphatic rings. The average Bonchev–Trinajstić information content (AvgIpc) is 2.60. The van der Waals surface area contributed by atoms with Crippen molar-refractivity contribution in [2.75, 3.05) is 19.5 Å². The number of nitrogens with zero attached hydrogens (tertiary/aromatic N) is 1. The lowest BCUT2D eigenvalue weighted by atomic mass is 10.2. The van der Waals surface area contributed by atoms with Gasteiger partial charge in [-0.1, -0.05) is 24.3 Å². The molecule has 0 radical (unpaired) electrons. The largest absolute Gasteiger partial charge is 0.497 e. The first kappa shape index (κ1) is 18.3. The number of hydrogen-bond acceptors (Lipinski definition) is 3. The van der Waals surface area contributed by atoms with Gasteiger partial charge in [-0.25, -0.2) is 0 Å². The fourth-order valence-electron chi connectivity index (χ4n) is 2.23. The average molecular weight is 338 g/mol. The minimum atomic E-state index is -0.222. The first-order chi connectivity index (χ1) is 12.0. The molecule has 2 aromatic carbocycles. The molecule has 0 atom stereocenters. The van der Waals surface area contributed by atoms with Crippen molar-refractivity contribution < 1.29 is 14.3 Å². The molecule has 0 aromatic heterocycles. The maximum atomic E-state index is 12.1. The maximum Gasteiger partial charge on any atom is 0.248 e. The summed E-state index contributed by atoms with van der Waals surface area (Å²) in [6.45, 7) is 2.02. The molecular weight excluding hydrogens is 316 g/mol. The molecule has 2 rings (SSSR count). The number of amides is 2. The Morgan fingerprint density at radius 1 is 1.16 bits per heavy atom. The maximum absolute atomic E-state index is 12.1. The molecule has 0 heterocycles. The molecule has 5 nitrogen and oxygen atoms in total. The van der Waals surface area contributed by atoms with Crippen LogP contribution in [0.25, 0.3) is 6.08 Å². The Bertz CT molecular complexity index is 784. The first-order valence-corrected chi connectivity index (χ1v) is 7.91. The van der Waals surface area contributed by atoms with E-state index in [2.05, 4.69) is 5.32 Å². The molecule has 0 unspecified atom stereocenters. The molecule has 0 saturated carbocycles. The van der Waals surface area contributed by atoms with Crippen molar-refractivity contribution >= 4 is 23.6 Å². The summed E-state index contributed by atoms with van der Waals surface area (Å²) in [6, 6.07) is 14.9. The zero-order chi connectivity index (χ0) is 18.2. The summed E-state index contributed by atoms with van der Waals surface area (Å²) in [5, 5.41) is 2.82. The third-order valence-electron chi connectivity index (χ3n) is 3.67. The van der Waals surface area contributed by atoms with E-state index in [9.17, 15) is 9.59 Å². The summed E-state index contributed by atoms with van der Waals surface area (Å²) in [4.78, 5) is 25.0. The van der Waals surface area contributed by atoms with Gasteiger partial charge in [0, 0.05) is 32.3 Å². The zero-order valence-electron chi connectivity index (χ0n) is 14.7. The van der Waals surface area contributed by atoms with E-state index in [0.717, 1.165) is 16.9 Å². The van der Waals surface area contributed by atoms with Crippen LogP contribution in [0.1, 0.15) is 18.1 Å². The number of ether oxygens (including phenoxy) is 1. The summed E-state index contributed by atoms with van der Waals surface area (Å²) < 4.78 is 5.16. The van der Waals surface area contributed by atoms with Gasteiger partial charge in [0.15, 0.2) is 0 Å². The highest BCUT2D eigenvalue weighted by Crippen LogP contribution is 2.15. The van der Waals surface area contributed by atoms with Crippen LogP contribution < -0.4 is 10.1 Å². The van der Waals surface area contributed by atoms with E-state index in [1.807, 2.05) is 48.5 Å². The van der Waals surface area contributed by atoms with Gasteiger partial charge in [0.25, 0.3) is 0 Å². The predicted molar refractivity (Wildman–Crippen MR) is 99.2 cm³/mol. The van der Waals surface area contributed by atoms with Crippen molar-refractivity contribution in [1.29, 1.82) is 0 Å². The lowest BCUT2D eigenvalue weighted by Crippen LogP contribution is -2.23. The van der Waals surface area contributed by atoms with E-state index in [-0.39, 0.29) is 11.8 Å². The van der Waals surface area contributed by atoms with Gasteiger partial charge in [-0.15, -0.1) is 0 Å². The Balaban J connectivity index is 2.00. The molecule has 1 N–H and O–H groups in total. The third-order valence-corrected chi connectivity index (χ3v) is 3.67. The summed E-state index contributed by atoms with van der Waals surface area (Å²) in [7, 11) is 3.34. The highest BCUT2D eigenvalue weighted by molar-refractivity contribution is 6.02. The van der Waals surface area contributed by atoms with E-state index in [1.165, 1.54) is 13.0 Å². The second-order valence-electron chi connectivity index (χ2n) is 5.67. The molecule has 0 fully saturated rings. The lowest BCUT2D eigenvalue weighted by molar-refractivity contribution is -0.128. The minimum absolute atomic E-state index is 0.00402. The Morgan fingerprint density at radius 2 is 1.92 bits per heavy atom. The molecule has 25 heavy (non-hydrogen) atoms. The molecule has 2 aromatic rings. The van der Waals surface area contributed by atoms with Gasteiger partial charge < -0.3 is 15.0 Å². The minimum Gasteiger partial charge on any atom is -0.497 e. The van der Waals surface area contributed by atoms with Crippen molar-refractivity contribution in [2.45, 2.75) is 13.5 Å². The van der Waals surface area contributed by atoms with Crippen molar-refractivity contribution in [3.05, 3.63) is 65.7 Å². The van der Waals surface area contributed by atoms with Gasteiger partial charge in [-0.05, 0) is 41.5 Å². The summed E-state index contributed by atoms with van der Waals surface area (Å²) in [6.07, 6.45) is 3.20. The number of benzene rings is 2. The van der Waals surface area contributed by atoms with Gasteiger partial charge in [-0.2, -0.15) is 0 Å². The van der Waals surface area contributed by atoms with Crippen molar-refractivity contribution in [3.8, 4) is 5.75 Å². The van der Waals surface area contributed by atoms with Crippen LogP contribution in [-0.2, 0) is 16.1 Å². The van der Waals surface area contributed by atoms with Crippen molar-refractivity contribution in [1.82, 2.24) is 4.90 Å². The van der Waals surface area contributed by atoms with Crippen LogP contribution in [0.2, 0.25) is 0 Å². The van der Waals surface area contributed by atoms with Crippen LogP contribution in [0, 0.1) is 0 Å². The first-order valence-electron chi connectivity index (χ1n) is 7.91. The standard InChI is InChI=1S/C20H22N2O3/c1-15(23)22(2)14-17-7-4-8-18(12-17)21-20(24)11-10-16-6-5-9-19(13-16)25-3/h4-13H,14H2,1-3H3,(H,21,24)/b11-10+. The van der Waals surface area contributed by atoms with Gasteiger partial charge in [0.1, 0.15) is 5.75 Å². The number of anilines is 1. The van der Waals surface area contributed by atoms with Crippen LogP contribution in [0.3, 0.4) is 0 Å². The Morgan fingerprint density at radius 3 is 2.64 bits per heavy atom. The molecule has 0 saturated heterocycles. The Kier molecular flexibility index (Phi) is 6.34. The quantitative estimate of drug-likeness (QED) is 0.822. The molecular formula is C20H22N2O3. The Labute approximate surface area is 147 Å². The zero-order valence-corrected chi connectivity index (χ0v) is 14.7. The summed E-state index contributed by atoms with van der Waals surface area (Å²) in [5.74, 6) is 0.514. The third kappa shape index (κ3) is 5.80. The van der Waals surface area contributed by atoms with Crippen LogP contribution in [0.15, 0.2) is 54.6 Å². The van der Waals surface area contributed by atoms with E-state index in [4.69, 9.17) is 4.74 Å². The molecule has 0 aliphatic heterocycles. The van der Waals surface area contributed by atoms with Gasteiger partial charge in [-0.3, -0.25) is 9.59 Å². The van der Waals surface area contributed by atoms with Crippen LogP contribution in [-0.4, -0.2) is 30.9 Å². The number of rotatable bonds is 6. The van der Waals surface area contributed by atoms with Gasteiger partial charge in [0.2, 0.25) is 11.8 Å². The Hall–Kier alpha value is -3.08. The molecule has 130 valence electrons. The highest BCUT2D eigenvalue weighted by atomic mass is 16.5. The smallest absolute Gasteiger partial charge is 0.248 e. The normalized spacial score (nSPS) is 10.5. The van der Waals surface area contributed by atoms with E-state index >= 15 is 0 Å². The monoisotopic (exact) mass is 338 g/mol. The fourth-order valence-corrected chi connectivity index (χ4v) is 2.23. The van der Waals surface area contributed by atoms with Gasteiger partial charge >= 0.3 is 0 Å². The summed E-state index contributed by atoms with van der Waals surface area (Å²) in [5.41, 5.74) is 2.52. The van der Waals surface area contributed by atoms with Crippen molar-refractivity contribution in [3.63, 3.8) is 0 Å². The number of carbonyl (C=O) groups is 2. The summed E-state index contributed by atoms with van der Waals surface area (Å²) >= 11 is 0. The second-order valence-corrected chi connectivity index (χ2v) is 5.67. The van der Waals surface area contributed by atoms with E-state index in [1.54, 1.807) is 25.1 Å². The number of hydrogen-bond donors (Lipinski definition) is 1. The molecule has 2 amide bonds. The molecule has 0 spiro atoms. The van der Waals surface area contributed by atoms with Crippen LogP contribution >= 0.6 is 0 Å². The lowest BCUT2D eigenvalue weighted by Gasteiger charge is -2.15. The second kappa shape index (κ2) is 8.68. The highest BCUT2D eigenvalue weighted by Gasteiger charge is 2.05. The number of nitrogens with one attached hydrogen (secondary N) is 1. The van der Waals surface area contributed by atoms with Crippen LogP contribution in [0.5, 0.6) is 5.75 Å². The fraction of sp³-hybridized carbons (Fsp3) is 0.200. The molecule has 0 aliphatic carbocycles. The van der Waals surface area contributed by atoms with Crippen LogP contribution in [0.4, 0.5) is 5.69 Å². The predicted octanol–water partition coefficient (Wildman–Crippen LogP) is 3.33. The number of methoxy groups -OCH3 is 1. The molecule has 0 bridgehead atoms. The van der Waals surface area contributed by atoms with Gasteiger partial charge in [0.05, 0.1) is 7.11 Å². The number of carbonyl (C=O) groups excluding carboxylic acids is 2.